The first-order chi connectivity index (χ1) is 9.44. The number of nitrogens with zero attached hydrogens (tertiary/aromatic N) is 2. The van der Waals surface area contributed by atoms with Crippen LogP contribution in [0.3, 0.4) is 0 Å². The number of hydrogen-bond acceptors (Lipinski definition) is 3. The van der Waals surface area contributed by atoms with Gasteiger partial charge in [0.1, 0.15) is 3.70 Å². The average molecular weight is 387 g/mol. The maximum atomic E-state index is 12.5. The van der Waals surface area contributed by atoms with Gasteiger partial charge in [0.15, 0.2) is 0 Å². The number of anilines is 1. The molecule has 4 nitrogen and oxygen atoms in total. The van der Waals surface area contributed by atoms with E-state index in [1.54, 1.807) is 6.20 Å². The van der Waals surface area contributed by atoms with E-state index in [0.29, 0.717) is 0 Å². The third-order valence-corrected chi connectivity index (χ3v) is 4.83. The molecule has 1 fully saturated rings. The first-order valence-corrected chi connectivity index (χ1v) is 8.21. The van der Waals surface area contributed by atoms with E-state index in [0.717, 1.165) is 35.2 Å². The number of nitrogens with one attached hydrogen (secondary N) is 1. The summed E-state index contributed by atoms with van der Waals surface area (Å²) in [5.41, 5.74) is 0.847. The number of likely N-dealkylation sites (tertiary alicyclic amines) is 1. The quantitative estimate of drug-likeness (QED) is 0.637. The molecule has 0 aromatic carbocycles. The highest BCUT2D eigenvalue weighted by Gasteiger charge is 2.38. The maximum absolute atomic E-state index is 12.5. The van der Waals surface area contributed by atoms with E-state index in [1.165, 1.54) is 0 Å². The van der Waals surface area contributed by atoms with Crippen LogP contribution in [0.15, 0.2) is 18.3 Å². The van der Waals surface area contributed by atoms with E-state index in [2.05, 4.69) is 58.6 Å². The number of hydrogen-bond donors (Lipinski definition) is 1. The summed E-state index contributed by atoms with van der Waals surface area (Å²) >= 11 is 2.15. The van der Waals surface area contributed by atoms with Crippen LogP contribution in [0.1, 0.15) is 40.0 Å². The fraction of sp³-hybridized carbons (Fsp3) is 0.600. The molecule has 1 aromatic heterocycles. The maximum Gasteiger partial charge on any atom is 0.241 e. The number of amides is 1. The number of halogens is 1. The molecule has 1 saturated heterocycles. The third kappa shape index (κ3) is 3.49. The van der Waals surface area contributed by atoms with Gasteiger partial charge >= 0.3 is 0 Å². The lowest BCUT2D eigenvalue weighted by Gasteiger charge is -2.38. The Morgan fingerprint density at radius 1 is 1.55 bits per heavy atom. The van der Waals surface area contributed by atoms with Gasteiger partial charge in [0, 0.05) is 5.54 Å². The second-order valence-corrected chi connectivity index (χ2v) is 6.98. The molecule has 2 rings (SSSR count). The van der Waals surface area contributed by atoms with E-state index >= 15 is 0 Å². The Labute approximate surface area is 134 Å². The molecule has 5 heteroatoms. The minimum absolute atomic E-state index is 0.0239. The standard InChI is InChI=1S/C15H22IN3O/c1-4-15(2,3)19-9-5-6-12(19)14(20)18-11-7-8-13(16)17-10-11/h7-8,10,12H,4-6,9H2,1-3H3,(H,18,20). The van der Waals surface area contributed by atoms with E-state index < -0.39 is 0 Å². The molecule has 20 heavy (non-hydrogen) atoms. The predicted octanol–water partition coefficient (Wildman–Crippen LogP) is 3.28. The van der Waals surface area contributed by atoms with Crippen molar-refractivity contribution in [2.75, 3.05) is 11.9 Å². The molecule has 0 spiro atoms. The van der Waals surface area contributed by atoms with Crippen molar-refractivity contribution in [1.82, 2.24) is 9.88 Å². The van der Waals surface area contributed by atoms with Crippen LogP contribution >= 0.6 is 22.6 Å². The van der Waals surface area contributed by atoms with E-state index in [1.807, 2.05) is 12.1 Å². The average Bonchev–Trinajstić information content (AvgIpc) is 2.91. The molecule has 0 radical (unpaired) electrons. The summed E-state index contributed by atoms with van der Waals surface area (Å²) in [4.78, 5) is 19.0. The zero-order valence-corrected chi connectivity index (χ0v) is 14.5. The van der Waals surface area contributed by atoms with Crippen LogP contribution in [-0.2, 0) is 4.79 Å². The Morgan fingerprint density at radius 3 is 2.90 bits per heavy atom. The van der Waals surface area contributed by atoms with Gasteiger partial charge in [-0.15, -0.1) is 0 Å². The van der Waals surface area contributed by atoms with Gasteiger partial charge in [-0.05, 0) is 74.4 Å². The van der Waals surface area contributed by atoms with Crippen LogP contribution in [0, 0.1) is 3.70 Å². The first kappa shape index (κ1) is 15.7. The SMILES string of the molecule is CCC(C)(C)N1CCCC1C(=O)Nc1ccc(I)nc1. The molecule has 2 heterocycles. The van der Waals surface area contributed by atoms with Crippen LogP contribution in [0.4, 0.5) is 5.69 Å². The van der Waals surface area contributed by atoms with Gasteiger partial charge in [-0.25, -0.2) is 4.98 Å². The minimum atomic E-state index is -0.0239. The second-order valence-electron chi connectivity index (χ2n) is 5.88. The Morgan fingerprint density at radius 2 is 2.30 bits per heavy atom. The highest BCUT2D eigenvalue weighted by Crippen LogP contribution is 2.29. The smallest absolute Gasteiger partial charge is 0.241 e. The molecular weight excluding hydrogens is 365 g/mol. The Kier molecular flexibility index (Phi) is 5.01. The van der Waals surface area contributed by atoms with Gasteiger partial charge in [-0.2, -0.15) is 0 Å². The van der Waals surface area contributed by atoms with Crippen LogP contribution in [0.25, 0.3) is 0 Å². The van der Waals surface area contributed by atoms with Crippen LogP contribution in [-0.4, -0.2) is 33.9 Å². The van der Waals surface area contributed by atoms with Crippen molar-refractivity contribution < 1.29 is 4.79 Å². The molecule has 0 aliphatic carbocycles. The van der Waals surface area contributed by atoms with Gasteiger partial charge in [0.05, 0.1) is 17.9 Å². The zero-order valence-electron chi connectivity index (χ0n) is 12.3. The van der Waals surface area contributed by atoms with Gasteiger partial charge in [0.25, 0.3) is 0 Å². The monoisotopic (exact) mass is 387 g/mol. The highest BCUT2D eigenvalue weighted by molar-refractivity contribution is 14.1. The van der Waals surface area contributed by atoms with Gasteiger partial charge in [-0.3, -0.25) is 9.69 Å². The summed E-state index contributed by atoms with van der Waals surface area (Å²) in [6, 6.07) is 3.78. The van der Waals surface area contributed by atoms with Crippen molar-refractivity contribution in [3.63, 3.8) is 0 Å². The van der Waals surface area contributed by atoms with Crippen LogP contribution in [0.2, 0.25) is 0 Å². The predicted molar refractivity (Wildman–Crippen MR) is 89.7 cm³/mol. The summed E-state index contributed by atoms with van der Waals surface area (Å²) in [6.45, 7) is 7.61. The lowest BCUT2D eigenvalue weighted by atomic mass is 9.98. The van der Waals surface area contributed by atoms with Crippen LogP contribution < -0.4 is 5.32 Å². The molecule has 1 unspecified atom stereocenters. The van der Waals surface area contributed by atoms with Crippen molar-refractivity contribution in [3.05, 3.63) is 22.0 Å². The fourth-order valence-electron chi connectivity index (χ4n) is 2.64. The number of rotatable bonds is 4. The highest BCUT2D eigenvalue weighted by atomic mass is 127. The van der Waals surface area contributed by atoms with Gasteiger partial charge < -0.3 is 5.32 Å². The number of carbonyl (C=O) groups excluding carboxylic acids is 1. The van der Waals surface area contributed by atoms with Crippen molar-refractivity contribution >= 4 is 34.2 Å². The lowest BCUT2D eigenvalue weighted by Crippen LogP contribution is -2.50. The summed E-state index contributed by atoms with van der Waals surface area (Å²) in [5.74, 6) is 0.0898. The summed E-state index contributed by atoms with van der Waals surface area (Å²) in [7, 11) is 0. The van der Waals surface area contributed by atoms with Crippen molar-refractivity contribution in [1.29, 1.82) is 0 Å². The summed E-state index contributed by atoms with van der Waals surface area (Å²) in [6.07, 6.45) is 4.78. The van der Waals surface area contributed by atoms with Crippen LogP contribution in [0.5, 0.6) is 0 Å². The molecule has 1 aliphatic rings. The summed E-state index contributed by atoms with van der Waals surface area (Å²) in [5, 5.41) is 2.99. The molecule has 1 aliphatic heterocycles. The van der Waals surface area contributed by atoms with Gasteiger partial charge in [0.2, 0.25) is 5.91 Å². The molecule has 0 saturated carbocycles. The zero-order chi connectivity index (χ0) is 14.8. The largest absolute Gasteiger partial charge is 0.323 e. The molecular formula is C15H22IN3O. The van der Waals surface area contributed by atoms with E-state index in [-0.39, 0.29) is 17.5 Å². The van der Waals surface area contributed by atoms with Crippen molar-refractivity contribution in [2.24, 2.45) is 0 Å². The number of carbonyl (C=O) groups is 1. The fourth-order valence-corrected chi connectivity index (χ4v) is 2.96. The Bertz CT molecular complexity index is 473. The Balaban J connectivity index is 2.06. The van der Waals surface area contributed by atoms with E-state index in [4.69, 9.17) is 0 Å². The normalized spacial score (nSPS) is 20.1. The molecule has 0 bridgehead atoms. The summed E-state index contributed by atoms with van der Waals surface area (Å²) < 4.78 is 0.926. The molecule has 1 aromatic rings. The Hall–Kier alpha value is -0.690. The number of aromatic nitrogens is 1. The van der Waals surface area contributed by atoms with Gasteiger partial charge in [-0.1, -0.05) is 6.92 Å². The van der Waals surface area contributed by atoms with Crippen molar-refractivity contribution in [3.8, 4) is 0 Å². The molecule has 1 N–H and O–H groups in total. The lowest BCUT2D eigenvalue weighted by molar-refractivity contribution is -0.122. The first-order valence-electron chi connectivity index (χ1n) is 7.13. The van der Waals surface area contributed by atoms with Crippen molar-refractivity contribution in [2.45, 2.75) is 51.6 Å². The van der Waals surface area contributed by atoms with E-state index in [9.17, 15) is 4.79 Å². The number of pyridine rings is 1. The molecule has 1 atom stereocenters. The minimum Gasteiger partial charge on any atom is -0.323 e. The third-order valence-electron chi connectivity index (χ3n) is 4.19. The second kappa shape index (κ2) is 6.39. The molecule has 1 amide bonds. The molecule has 110 valence electrons. The topological polar surface area (TPSA) is 45.2 Å².